The van der Waals surface area contributed by atoms with Crippen molar-refractivity contribution in [1.82, 2.24) is 0 Å². The first-order valence-corrected chi connectivity index (χ1v) is 7.73. The van der Waals surface area contributed by atoms with Crippen LogP contribution in [0.3, 0.4) is 0 Å². The second-order valence-electron chi connectivity index (χ2n) is 5.15. The average Bonchev–Trinajstić information content (AvgIpc) is 2.62. The SMILES string of the molecule is CCOc1ccccc1NC(=O)C(C#N)Cc1ccc(OC)cc1. The quantitative estimate of drug-likeness (QED) is 0.847. The number of para-hydroxylation sites is 2. The number of rotatable bonds is 7. The van der Waals surface area contributed by atoms with E-state index in [9.17, 15) is 10.1 Å². The topological polar surface area (TPSA) is 71.3 Å². The molecule has 124 valence electrons. The molecule has 1 unspecified atom stereocenters. The summed E-state index contributed by atoms with van der Waals surface area (Å²) in [4.78, 5) is 12.4. The minimum atomic E-state index is -0.784. The number of anilines is 1. The third-order valence-corrected chi connectivity index (χ3v) is 3.52. The van der Waals surface area contributed by atoms with Crippen molar-refractivity contribution >= 4 is 11.6 Å². The van der Waals surface area contributed by atoms with Crippen LogP contribution in [0.15, 0.2) is 48.5 Å². The Hall–Kier alpha value is -3.00. The van der Waals surface area contributed by atoms with Gasteiger partial charge in [0.05, 0.1) is 25.5 Å². The third kappa shape index (κ3) is 4.50. The van der Waals surface area contributed by atoms with Gasteiger partial charge in [-0.3, -0.25) is 4.79 Å². The number of nitrogens with zero attached hydrogens (tertiary/aromatic N) is 1. The van der Waals surface area contributed by atoms with Crippen LogP contribution in [-0.2, 0) is 11.2 Å². The second-order valence-corrected chi connectivity index (χ2v) is 5.15. The summed E-state index contributed by atoms with van der Waals surface area (Å²) in [5.74, 6) is 0.199. The lowest BCUT2D eigenvalue weighted by Crippen LogP contribution is -2.23. The van der Waals surface area contributed by atoms with Gasteiger partial charge in [0.15, 0.2) is 0 Å². The highest BCUT2D eigenvalue weighted by Crippen LogP contribution is 2.24. The summed E-state index contributed by atoms with van der Waals surface area (Å²) in [5.41, 5.74) is 1.47. The molecule has 0 aliphatic heterocycles. The van der Waals surface area contributed by atoms with E-state index in [-0.39, 0.29) is 5.91 Å². The Morgan fingerprint density at radius 2 is 1.92 bits per heavy atom. The van der Waals surface area contributed by atoms with E-state index in [0.29, 0.717) is 24.5 Å². The number of nitriles is 1. The number of carbonyl (C=O) groups is 1. The minimum absolute atomic E-state index is 0.336. The summed E-state index contributed by atoms with van der Waals surface area (Å²) >= 11 is 0. The fourth-order valence-corrected chi connectivity index (χ4v) is 2.27. The van der Waals surface area contributed by atoms with Crippen LogP contribution >= 0.6 is 0 Å². The molecule has 0 heterocycles. The molecule has 2 aromatic rings. The van der Waals surface area contributed by atoms with Gasteiger partial charge in [0.1, 0.15) is 17.4 Å². The summed E-state index contributed by atoms with van der Waals surface area (Å²) in [7, 11) is 1.59. The lowest BCUT2D eigenvalue weighted by molar-refractivity contribution is -0.118. The van der Waals surface area contributed by atoms with Crippen LogP contribution < -0.4 is 14.8 Å². The van der Waals surface area contributed by atoms with Gasteiger partial charge in [0, 0.05) is 0 Å². The van der Waals surface area contributed by atoms with E-state index in [2.05, 4.69) is 11.4 Å². The normalized spacial score (nSPS) is 11.2. The van der Waals surface area contributed by atoms with E-state index in [0.717, 1.165) is 11.3 Å². The Morgan fingerprint density at radius 3 is 2.54 bits per heavy atom. The fraction of sp³-hybridized carbons (Fsp3) is 0.263. The van der Waals surface area contributed by atoms with Crippen LogP contribution in [0.4, 0.5) is 5.69 Å². The number of ether oxygens (including phenoxy) is 2. The van der Waals surface area contributed by atoms with E-state index in [1.807, 2.05) is 43.3 Å². The van der Waals surface area contributed by atoms with E-state index in [1.165, 1.54) is 0 Å². The number of nitrogens with one attached hydrogen (secondary N) is 1. The highest BCUT2D eigenvalue weighted by molar-refractivity contribution is 5.95. The first kappa shape index (κ1) is 17.4. The highest BCUT2D eigenvalue weighted by atomic mass is 16.5. The van der Waals surface area contributed by atoms with Gasteiger partial charge in [0.2, 0.25) is 5.91 Å². The Morgan fingerprint density at radius 1 is 1.21 bits per heavy atom. The molecular weight excluding hydrogens is 304 g/mol. The molecular formula is C19H20N2O3. The molecule has 1 amide bonds. The Bertz CT molecular complexity index is 720. The smallest absolute Gasteiger partial charge is 0.242 e. The number of carbonyl (C=O) groups excluding carboxylic acids is 1. The van der Waals surface area contributed by atoms with Crippen molar-refractivity contribution in [2.45, 2.75) is 13.3 Å². The molecule has 0 aliphatic rings. The van der Waals surface area contributed by atoms with Crippen LogP contribution in [0.25, 0.3) is 0 Å². The maximum atomic E-state index is 12.4. The average molecular weight is 324 g/mol. The summed E-state index contributed by atoms with van der Waals surface area (Å²) in [6.45, 7) is 2.38. The summed E-state index contributed by atoms with van der Waals surface area (Å²) < 4.78 is 10.6. The van der Waals surface area contributed by atoms with Crippen molar-refractivity contribution in [3.63, 3.8) is 0 Å². The van der Waals surface area contributed by atoms with E-state index >= 15 is 0 Å². The molecule has 0 saturated heterocycles. The molecule has 0 fully saturated rings. The maximum Gasteiger partial charge on any atom is 0.242 e. The van der Waals surface area contributed by atoms with Crippen molar-refractivity contribution in [1.29, 1.82) is 5.26 Å². The van der Waals surface area contributed by atoms with Gasteiger partial charge >= 0.3 is 0 Å². The first-order valence-electron chi connectivity index (χ1n) is 7.73. The highest BCUT2D eigenvalue weighted by Gasteiger charge is 2.20. The summed E-state index contributed by atoms with van der Waals surface area (Å²) in [6, 6.07) is 16.6. The third-order valence-electron chi connectivity index (χ3n) is 3.52. The Kier molecular flexibility index (Phi) is 6.21. The Labute approximate surface area is 141 Å². The molecule has 2 aromatic carbocycles. The second kappa shape index (κ2) is 8.59. The van der Waals surface area contributed by atoms with Crippen molar-refractivity contribution in [2.75, 3.05) is 19.0 Å². The number of amides is 1. The number of hydrogen-bond donors (Lipinski definition) is 1. The van der Waals surface area contributed by atoms with Gasteiger partial charge in [-0.25, -0.2) is 0 Å². The minimum Gasteiger partial charge on any atom is -0.497 e. The molecule has 1 N–H and O–H groups in total. The van der Waals surface area contributed by atoms with Crippen molar-refractivity contribution in [3.8, 4) is 17.6 Å². The molecule has 0 aromatic heterocycles. The van der Waals surface area contributed by atoms with Gasteiger partial charge in [-0.05, 0) is 43.2 Å². The number of methoxy groups -OCH3 is 1. The number of benzene rings is 2. The van der Waals surface area contributed by atoms with E-state index < -0.39 is 5.92 Å². The largest absolute Gasteiger partial charge is 0.497 e. The van der Waals surface area contributed by atoms with Crippen LogP contribution in [0, 0.1) is 17.2 Å². The molecule has 0 aliphatic carbocycles. The first-order chi connectivity index (χ1) is 11.7. The molecule has 0 saturated carbocycles. The van der Waals surface area contributed by atoms with Crippen LogP contribution in [0.1, 0.15) is 12.5 Å². The summed E-state index contributed by atoms with van der Waals surface area (Å²) in [6.07, 6.45) is 0.336. The molecule has 5 nitrogen and oxygen atoms in total. The van der Waals surface area contributed by atoms with Gasteiger partial charge in [-0.2, -0.15) is 5.26 Å². The van der Waals surface area contributed by atoms with Crippen LogP contribution in [0.5, 0.6) is 11.5 Å². The van der Waals surface area contributed by atoms with Crippen molar-refractivity contribution in [3.05, 3.63) is 54.1 Å². The van der Waals surface area contributed by atoms with E-state index in [4.69, 9.17) is 9.47 Å². The van der Waals surface area contributed by atoms with Crippen LogP contribution in [0.2, 0.25) is 0 Å². The fourth-order valence-electron chi connectivity index (χ4n) is 2.27. The molecule has 5 heteroatoms. The predicted octanol–water partition coefficient (Wildman–Crippen LogP) is 3.41. The predicted molar refractivity (Wildman–Crippen MR) is 92.0 cm³/mol. The summed E-state index contributed by atoms with van der Waals surface area (Å²) in [5, 5.41) is 12.1. The van der Waals surface area contributed by atoms with Crippen molar-refractivity contribution in [2.24, 2.45) is 5.92 Å². The zero-order valence-corrected chi connectivity index (χ0v) is 13.8. The standard InChI is InChI=1S/C19H20N2O3/c1-3-24-18-7-5-4-6-17(18)21-19(22)15(13-20)12-14-8-10-16(23-2)11-9-14/h4-11,15H,3,12H2,1-2H3,(H,21,22). The van der Waals surface area contributed by atoms with Crippen LogP contribution in [-0.4, -0.2) is 19.6 Å². The van der Waals surface area contributed by atoms with E-state index in [1.54, 1.807) is 19.2 Å². The lowest BCUT2D eigenvalue weighted by atomic mass is 9.99. The van der Waals surface area contributed by atoms with Gasteiger partial charge < -0.3 is 14.8 Å². The van der Waals surface area contributed by atoms with Gasteiger partial charge in [-0.15, -0.1) is 0 Å². The lowest BCUT2D eigenvalue weighted by Gasteiger charge is -2.14. The number of hydrogen-bond acceptors (Lipinski definition) is 4. The van der Waals surface area contributed by atoms with Gasteiger partial charge in [0.25, 0.3) is 0 Å². The van der Waals surface area contributed by atoms with Gasteiger partial charge in [-0.1, -0.05) is 24.3 Å². The molecule has 24 heavy (non-hydrogen) atoms. The molecule has 2 rings (SSSR count). The zero-order chi connectivity index (χ0) is 17.4. The van der Waals surface area contributed by atoms with Crippen molar-refractivity contribution < 1.29 is 14.3 Å². The molecule has 1 atom stereocenters. The zero-order valence-electron chi connectivity index (χ0n) is 13.8. The monoisotopic (exact) mass is 324 g/mol. The molecule has 0 spiro atoms. The molecule has 0 radical (unpaired) electrons. The Balaban J connectivity index is 2.07. The molecule has 0 bridgehead atoms. The maximum absolute atomic E-state index is 12.4.